The average Bonchev–Trinajstić information content (AvgIpc) is 2.77. The van der Waals surface area contributed by atoms with Crippen LogP contribution in [0.15, 0.2) is 47.4 Å². The zero-order chi connectivity index (χ0) is 14.2. The molecule has 0 aliphatic carbocycles. The summed E-state index contributed by atoms with van der Waals surface area (Å²) in [5.41, 5.74) is 0. The van der Waals surface area contributed by atoms with Gasteiger partial charge in [-0.25, -0.2) is 17.3 Å². The minimum absolute atomic E-state index is 0.0757. The second-order valence-corrected chi connectivity index (χ2v) is 8.47. The Labute approximate surface area is 120 Å². The summed E-state index contributed by atoms with van der Waals surface area (Å²) >= 11 is 0. The topological polar surface area (TPSA) is 63.2 Å². The maximum atomic E-state index is 12.3. The maximum absolute atomic E-state index is 12.3. The molecule has 3 rings (SSSR count). The third-order valence-electron chi connectivity index (χ3n) is 3.44. The number of sulfone groups is 1. The Morgan fingerprint density at radius 2 is 1.85 bits per heavy atom. The molecular weight excluding hydrogens is 294 g/mol. The highest BCUT2D eigenvalue weighted by Crippen LogP contribution is 2.19. The van der Waals surface area contributed by atoms with Crippen LogP contribution < -0.4 is 4.72 Å². The Balaban J connectivity index is 1.79. The van der Waals surface area contributed by atoms with Crippen LogP contribution in [0.25, 0.3) is 10.8 Å². The smallest absolute Gasteiger partial charge is 0.151 e. The van der Waals surface area contributed by atoms with Crippen molar-refractivity contribution >= 4 is 31.6 Å². The Hall–Kier alpha value is -1.24. The third kappa shape index (κ3) is 2.92. The molecule has 1 heterocycles. The first-order valence-electron chi connectivity index (χ1n) is 6.41. The molecule has 0 aromatic heterocycles. The second-order valence-electron chi connectivity index (χ2n) is 5.00. The molecule has 1 aliphatic rings. The highest BCUT2D eigenvalue weighted by atomic mass is 32.2. The lowest BCUT2D eigenvalue weighted by molar-refractivity contribution is 0.600. The standard InChI is InChI=1S/C14H15NO3S2/c16-19(15-13-7-8-20(17,18)10-13)14-6-5-11-3-1-2-4-12(11)9-14/h1-6,9,13,15H,7-8,10H2/t13-,19-/m1/s1. The van der Waals surface area contributed by atoms with Gasteiger partial charge in [0.15, 0.2) is 9.84 Å². The molecule has 0 amide bonds. The van der Waals surface area contributed by atoms with E-state index in [4.69, 9.17) is 0 Å². The number of nitrogens with one attached hydrogen (secondary N) is 1. The summed E-state index contributed by atoms with van der Waals surface area (Å²) in [5.74, 6) is 0.256. The van der Waals surface area contributed by atoms with Crippen molar-refractivity contribution in [1.29, 1.82) is 0 Å². The molecule has 2 atom stereocenters. The van der Waals surface area contributed by atoms with Gasteiger partial charge >= 0.3 is 0 Å². The number of hydrogen-bond donors (Lipinski definition) is 1. The van der Waals surface area contributed by atoms with Gasteiger partial charge in [-0.15, -0.1) is 0 Å². The minimum atomic E-state index is -2.95. The quantitative estimate of drug-likeness (QED) is 0.937. The lowest BCUT2D eigenvalue weighted by Crippen LogP contribution is -2.31. The first-order chi connectivity index (χ1) is 9.53. The minimum Gasteiger partial charge on any atom is -0.237 e. The van der Waals surface area contributed by atoms with Crippen LogP contribution in [-0.4, -0.2) is 30.2 Å². The van der Waals surface area contributed by atoms with Gasteiger partial charge < -0.3 is 0 Å². The van der Waals surface area contributed by atoms with Crippen LogP contribution in [-0.2, 0) is 20.8 Å². The Morgan fingerprint density at radius 3 is 2.55 bits per heavy atom. The summed E-state index contributed by atoms with van der Waals surface area (Å²) in [6, 6.07) is 13.3. The summed E-state index contributed by atoms with van der Waals surface area (Å²) in [5, 5.41) is 2.12. The molecule has 2 aromatic carbocycles. The molecule has 1 aliphatic heterocycles. The first-order valence-corrected chi connectivity index (χ1v) is 9.38. The lowest BCUT2D eigenvalue weighted by atomic mass is 10.1. The SMILES string of the molecule is O=[S@@](N[C@@H]1CCS(=O)(=O)C1)c1ccc2ccccc2c1. The summed E-state index contributed by atoms with van der Waals surface area (Å²) < 4.78 is 38.0. The Kier molecular flexibility index (Phi) is 3.62. The van der Waals surface area contributed by atoms with Crippen molar-refractivity contribution in [1.82, 2.24) is 4.72 Å². The molecule has 0 saturated carbocycles. The summed E-state index contributed by atoms with van der Waals surface area (Å²) in [6.45, 7) is 0. The van der Waals surface area contributed by atoms with Gasteiger partial charge in [0, 0.05) is 6.04 Å². The molecule has 20 heavy (non-hydrogen) atoms. The number of benzene rings is 2. The van der Waals surface area contributed by atoms with E-state index in [1.165, 1.54) is 0 Å². The lowest BCUT2D eigenvalue weighted by Gasteiger charge is -2.10. The Morgan fingerprint density at radius 1 is 1.10 bits per heavy atom. The van der Waals surface area contributed by atoms with E-state index in [0.717, 1.165) is 10.8 Å². The molecule has 0 spiro atoms. The van der Waals surface area contributed by atoms with Crippen molar-refractivity contribution in [3.8, 4) is 0 Å². The molecule has 6 heteroatoms. The van der Waals surface area contributed by atoms with E-state index in [0.29, 0.717) is 11.3 Å². The molecule has 106 valence electrons. The van der Waals surface area contributed by atoms with Gasteiger partial charge in [0.25, 0.3) is 0 Å². The largest absolute Gasteiger partial charge is 0.237 e. The van der Waals surface area contributed by atoms with Crippen LogP contribution in [0, 0.1) is 0 Å². The Bertz CT molecular complexity index is 771. The molecule has 0 unspecified atom stereocenters. The average molecular weight is 309 g/mol. The zero-order valence-electron chi connectivity index (χ0n) is 10.8. The summed E-state index contributed by atoms with van der Waals surface area (Å²) in [7, 11) is -4.33. The van der Waals surface area contributed by atoms with Gasteiger partial charge in [-0.1, -0.05) is 30.3 Å². The van der Waals surface area contributed by atoms with Crippen molar-refractivity contribution in [2.45, 2.75) is 17.4 Å². The predicted octanol–water partition coefficient (Wildman–Crippen LogP) is 1.64. The fourth-order valence-corrected chi connectivity index (χ4v) is 5.23. The summed E-state index contributed by atoms with van der Waals surface area (Å²) in [4.78, 5) is 0.674. The van der Waals surface area contributed by atoms with Gasteiger partial charge in [0.05, 0.1) is 16.4 Å². The molecule has 0 radical (unpaired) electrons. The normalized spacial score (nSPS) is 22.9. The van der Waals surface area contributed by atoms with E-state index in [1.54, 1.807) is 0 Å². The van der Waals surface area contributed by atoms with E-state index in [1.807, 2.05) is 42.5 Å². The molecular formula is C14H15NO3S2. The zero-order valence-corrected chi connectivity index (χ0v) is 12.4. The second kappa shape index (κ2) is 5.27. The van der Waals surface area contributed by atoms with Crippen LogP contribution in [0.5, 0.6) is 0 Å². The van der Waals surface area contributed by atoms with Crippen LogP contribution >= 0.6 is 0 Å². The monoisotopic (exact) mass is 309 g/mol. The van der Waals surface area contributed by atoms with Crippen LogP contribution in [0.1, 0.15) is 6.42 Å². The van der Waals surface area contributed by atoms with Gasteiger partial charge in [-0.3, -0.25) is 0 Å². The number of fused-ring (bicyclic) bond motifs is 1. The van der Waals surface area contributed by atoms with E-state index in [-0.39, 0.29) is 17.5 Å². The van der Waals surface area contributed by atoms with Crippen molar-refractivity contribution in [2.75, 3.05) is 11.5 Å². The molecule has 1 N–H and O–H groups in total. The van der Waals surface area contributed by atoms with Crippen LogP contribution in [0.2, 0.25) is 0 Å². The predicted molar refractivity (Wildman–Crippen MR) is 80.6 cm³/mol. The van der Waals surface area contributed by atoms with Crippen molar-refractivity contribution in [2.24, 2.45) is 0 Å². The van der Waals surface area contributed by atoms with Gasteiger partial charge in [-0.05, 0) is 29.3 Å². The molecule has 0 bridgehead atoms. The molecule has 4 nitrogen and oxygen atoms in total. The van der Waals surface area contributed by atoms with Gasteiger partial charge in [-0.2, -0.15) is 0 Å². The maximum Gasteiger partial charge on any atom is 0.151 e. The third-order valence-corrected chi connectivity index (χ3v) is 6.44. The van der Waals surface area contributed by atoms with E-state index < -0.39 is 20.8 Å². The van der Waals surface area contributed by atoms with Crippen molar-refractivity contribution < 1.29 is 12.6 Å². The van der Waals surface area contributed by atoms with E-state index >= 15 is 0 Å². The molecule has 1 fully saturated rings. The van der Waals surface area contributed by atoms with E-state index in [2.05, 4.69) is 4.72 Å². The first kappa shape index (κ1) is 13.7. The van der Waals surface area contributed by atoms with Crippen molar-refractivity contribution in [3.05, 3.63) is 42.5 Å². The number of rotatable bonds is 3. The fourth-order valence-electron chi connectivity index (χ4n) is 2.39. The number of hydrogen-bond acceptors (Lipinski definition) is 3. The van der Waals surface area contributed by atoms with Gasteiger partial charge in [0.2, 0.25) is 0 Å². The highest BCUT2D eigenvalue weighted by Gasteiger charge is 2.29. The van der Waals surface area contributed by atoms with E-state index in [9.17, 15) is 12.6 Å². The van der Waals surface area contributed by atoms with Crippen LogP contribution in [0.4, 0.5) is 0 Å². The molecule has 2 aromatic rings. The fraction of sp³-hybridized carbons (Fsp3) is 0.286. The highest BCUT2D eigenvalue weighted by molar-refractivity contribution is 7.91. The van der Waals surface area contributed by atoms with Crippen molar-refractivity contribution in [3.63, 3.8) is 0 Å². The summed E-state index contributed by atoms with van der Waals surface area (Å²) in [6.07, 6.45) is 0.529. The van der Waals surface area contributed by atoms with Gasteiger partial charge in [0.1, 0.15) is 11.0 Å². The molecule has 1 saturated heterocycles. The van der Waals surface area contributed by atoms with Crippen LogP contribution in [0.3, 0.4) is 0 Å².